The molecule has 1 aliphatic heterocycles. The molecule has 2 nitrogen and oxygen atoms in total. The molecule has 1 aliphatic rings. The van der Waals surface area contributed by atoms with Crippen LogP contribution in [0.1, 0.15) is 11.6 Å². The first-order valence-electron chi connectivity index (χ1n) is 8.47. The molecule has 0 amide bonds. The second-order valence-electron chi connectivity index (χ2n) is 6.46. The summed E-state index contributed by atoms with van der Waals surface area (Å²) in [7, 11) is 0. The predicted molar refractivity (Wildman–Crippen MR) is 109 cm³/mol. The number of alkyl halides is 3. The molecule has 146 valence electrons. The van der Waals surface area contributed by atoms with Gasteiger partial charge in [-0.3, -0.25) is 4.90 Å². The van der Waals surface area contributed by atoms with Crippen molar-refractivity contribution in [1.29, 1.82) is 0 Å². The molecule has 1 fully saturated rings. The minimum absolute atomic E-state index is 0. The maximum Gasteiger partial charge on any atom is 0.408 e. The van der Waals surface area contributed by atoms with E-state index in [9.17, 15) is 13.2 Å². The van der Waals surface area contributed by atoms with E-state index in [-0.39, 0.29) is 24.8 Å². The number of piperazine rings is 1. The van der Waals surface area contributed by atoms with Crippen LogP contribution in [-0.4, -0.2) is 37.3 Å². The van der Waals surface area contributed by atoms with Gasteiger partial charge in [-0.15, -0.1) is 24.8 Å². The molecule has 0 radical (unpaired) electrons. The standard InChI is InChI=1S/C20H19F3N2.2ClH/c21-20(22,23)19(25-11-9-24-10-12-25)18-16-7-3-1-5-14(16)13-15-6-2-4-8-17(15)18;;/h1-8,13,19,24H,9-12H2;2*1H/t19-;;/m1../s1. The van der Waals surface area contributed by atoms with Crippen molar-refractivity contribution in [3.05, 3.63) is 60.2 Å². The lowest BCUT2D eigenvalue weighted by Gasteiger charge is -2.37. The van der Waals surface area contributed by atoms with Crippen LogP contribution >= 0.6 is 24.8 Å². The molecule has 3 aromatic carbocycles. The van der Waals surface area contributed by atoms with Gasteiger partial charge in [0.25, 0.3) is 0 Å². The van der Waals surface area contributed by atoms with Gasteiger partial charge in [0.1, 0.15) is 6.04 Å². The van der Waals surface area contributed by atoms with Crippen LogP contribution in [0.2, 0.25) is 0 Å². The van der Waals surface area contributed by atoms with Crippen molar-refractivity contribution in [2.75, 3.05) is 26.2 Å². The number of fused-ring (bicyclic) bond motifs is 2. The van der Waals surface area contributed by atoms with Crippen molar-refractivity contribution in [3.63, 3.8) is 0 Å². The predicted octanol–water partition coefficient (Wildman–Crippen LogP) is 5.35. The first kappa shape index (κ1) is 21.8. The Morgan fingerprint density at radius 1 is 0.815 bits per heavy atom. The Labute approximate surface area is 168 Å². The second-order valence-corrected chi connectivity index (χ2v) is 6.46. The van der Waals surface area contributed by atoms with E-state index in [4.69, 9.17) is 0 Å². The number of benzene rings is 3. The van der Waals surface area contributed by atoms with Crippen LogP contribution in [0, 0.1) is 0 Å². The molecule has 1 atom stereocenters. The van der Waals surface area contributed by atoms with Gasteiger partial charge in [0.15, 0.2) is 0 Å². The van der Waals surface area contributed by atoms with E-state index in [1.165, 1.54) is 0 Å². The van der Waals surface area contributed by atoms with Crippen LogP contribution in [0.4, 0.5) is 13.2 Å². The average Bonchev–Trinajstić information content (AvgIpc) is 2.61. The van der Waals surface area contributed by atoms with Crippen LogP contribution in [0.25, 0.3) is 21.5 Å². The highest BCUT2D eigenvalue weighted by Gasteiger charge is 2.46. The number of nitrogens with zero attached hydrogens (tertiary/aromatic N) is 1. The van der Waals surface area contributed by atoms with Crippen molar-refractivity contribution >= 4 is 46.4 Å². The van der Waals surface area contributed by atoms with Crippen LogP contribution < -0.4 is 5.32 Å². The van der Waals surface area contributed by atoms with E-state index >= 15 is 0 Å². The first-order chi connectivity index (χ1) is 12.1. The molecule has 0 aliphatic carbocycles. The van der Waals surface area contributed by atoms with E-state index in [0.717, 1.165) is 10.8 Å². The third kappa shape index (κ3) is 4.16. The van der Waals surface area contributed by atoms with E-state index in [1.807, 2.05) is 42.5 Å². The van der Waals surface area contributed by atoms with Crippen LogP contribution in [0.5, 0.6) is 0 Å². The normalized spacial score (nSPS) is 16.6. The van der Waals surface area contributed by atoms with E-state index in [2.05, 4.69) is 5.32 Å². The van der Waals surface area contributed by atoms with Gasteiger partial charge in [0.2, 0.25) is 0 Å². The number of nitrogens with one attached hydrogen (secondary N) is 1. The highest BCUT2D eigenvalue weighted by atomic mass is 35.5. The molecule has 7 heteroatoms. The summed E-state index contributed by atoms with van der Waals surface area (Å²) in [5.74, 6) is 0. The zero-order valence-corrected chi connectivity index (χ0v) is 16.1. The van der Waals surface area contributed by atoms with Gasteiger partial charge in [0, 0.05) is 26.2 Å². The smallest absolute Gasteiger partial charge is 0.314 e. The molecule has 27 heavy (non-hydrogen) atoms. The molecule has 1 saturated heterocycles. The van der Waals surface area contributed by atoms with Crippen LogP contribution in [-0.2, 0) is 0 Å². The zero-order chi connectivity index (χ0) is 17.4. The van der Waals surface area contributed by atoms with Crippen molar-refractivity contribution in [1.82, 2.24) is 10.2 Å². The fourth-order valence-electron chi connectivity index (χ4n) is 3.84. The minimum atomic E-state index is -4.33. The molecule has 1 heterocycles. The summed E-state index contributed by atoms with van der Waals surface area (Å²) in [6.07, 6.45) is -4.33. The van der Waals surface area contributed by atoms with Gasteiger partial charge in [0.05, 0.1) is 0 Å². The summed E-state index contributed by atoms with van der Waals surface area (Å²) in [5, 5.41) is 6.20. The lowest BCUT2D eigenvalue weighted by Crippen LogP contribution is -2.49. The SMILES string of the molecule is Cl.Cl.FC(F)(F)[C@@H](c1c2ccccc2cc2ccccc12)N1CCNCC1. The largest absolute Gasteiger partial charge is 0.408 e. The Balaban J connectivity index is 0.00000131. The Hall–Kier alpha value is -1.53. The Morgan fingerprint density at radius 3 is 1.78 bits per heavy atom. The van der Waals surface area contributed by atoms with Crippen molar-refractivity contribution < 1.29 is 13.2 Å². The van der Waals surface area contributed by atoms with Crippen molar-refractivity contribution in [3.8, 4) is 0 Å². The Morgan fingerprint density at radius 2 is 1.30 bits per heavy atom. The summed E-state index contributed by atoms with van der Waals surface area (Å²) in [6, 6.07) is 15.1. The molecule has 0 spiro atoms. The zero-order valence-electron chi connectivity index (χ0n) is 14.5. The average molecular weight is 417 g/mol. The summed E-state index contributed by atoms with van der Waals surface area (Å²) in [6.45, 7) is 1.94. The Bertz CT molecular complexity index is 855. The molecule has 0 bridgehead atoms. The topological polar surface area (TPSA) is 15.3 Å². The molecule has 1 N–H and O–H groups in total. The summed E-state index contributed by atoms with van der Waals surface area (Å²) in [5.41, 5.74) is 0.378. The lowest BCUT2D eigenvalue weighted by molar-refractivity contribution is -0.187. The number of hydrogen-bond donors (Lipinski definition) is 1. The van der Waals surface area contributed by atoms with Gasteiger partial charge in [-0.1, -0.05) is 48.5 Å². The van der Waals surface area contributed by atoms with Crippen LogP contribution in [0.3, 0.4) is 0 Å². The van der Waals surface area contributed by atoms with E-state index < -0.39 is 12.2 Å². The van der Waals surface area contributed by atoms with Crippen LogP contribution in [0.15, 0.2) is 54.6 Å². The fraction of sp³-hybridized carbons (Fsp3) is 0.300. The second kappa shape index (κ2) is 8.65. The number of rotatable bonds is 2. The minimum Gasteiger partial charge on any atom is -0.314 e. The number of hydrogen-bond acceptors (Lipinski definition) is 2. The molecule has 4 rings (SSSR count). The maximum atomic E-state index is 14.2. The quantitative estimate of drug-likeness (QED) is 0.566. The summed E-state index contributed by atoms with van der Waals surface area (Å²) < 4.78 is 42.6. The molecule has 3 aromatic rings. The molecule has 0 aromatic heterocycles. The molecular formula is C20H21Cl2F3N2. The van der Waals surface area contributed by atoms with Gasteiger partial charge in [-0.25, -0.2) is 0 Å². The maximum absolute atomic E-state index is 14.2. The fourth-order valence-corrected chi connectivity index (χ4v) is 3.84. The van der Waals surface area contributed by atoms with Crippen molar-refractivity contribution in [2.24, 2.45) is 0 Å². The van der Waals surface area contributed by atoms with Gasteiger partial charge in [-0.05, 0) is 33.2 Å². The third-order valence-electron chi connectivity index (χ3n) is 4.91. The highest BCUT2D eigenvalue weighted by molar-refractivity contribution is 6.02. The van der Waals surface area contributed by atoms with Gasteiger partial charge >= 0.3 is 6.18 Å². The monoisotopic (exact) mass is 416 g/mol. The van der Waals surface area contributed by atoms with Crippen molar-refractivity contribution in [2.45, 2.75) is 12.2 Å². The molecule has 0 saturated carbocycles. The molecule has 0 unspecified atom stereocenters. The van der Waals surface area contributed by atoms with Gasteiger partial charge < -0.3 is 5.32 Å². The highest BCUT2D eigenvalue weighted by Crippen LogP contribution is 2.44. The summed E-state index contributed by atoms with van der Waals surface area (Å²) in [4.78, 5) is 1.56. The lowest BCUT2D eigenvalue weighted by atomic mass is 9.91. The Kier molecular flexibility index (Phi) is 6.98. The molecular weight excluding hydrogens is 396 g/mol. The third-order valence-corrected chi connectivity index (χ3v) is 4.91. The number of halogens is 5. The summed E-state index contributed by atoms with van der Waals surface area (Å²) >= 11 is 0. The van der Waals surface area contributed by atoms with Gasteiger partial charge in [-0.2, -0.15) is 13.2 Å². The first-order valence-corrected chi connectivity index (χ1v) is 8.47. The van der Waals surface area contributed by atoms with E-state index in [1.54, 1.807) is 17.0 Å². The van der Waals surface area contributed by atoms with E-state index in [0.29, 0.717) is 42.5 Å².